The third kappa shape index (κ3) is 3.72. The number of aromatic hydroxyl groups is 1. The van der Waals surface area contributed by atoms with Crippen LogP contribution in [0.2, 0.25) is 0 Å². The van der Waals surface area contributed by atoms with Crippen LogP contribution in [0.15, 0.2) is 54.6 Å². The van der Waals surface area contributed by atoms with E-state index < -0.39 is 0 Å². The second-order valence-corrected chi connectivity index (χ2v) is 4.67. The molecule has 0 radical (unpaired) electrons. The molecule has 2 aromatic carbocycles. The maximum atomic E-state index is 11.4. The molecule has 0 saturated carbocycles. The summed E-state index contributed by atoms with van der Waals surface area (Å²) in [4.78, 5) is 11.4. The van der Waals surface area contributed by atoms with Gasteiger partial charge in [-0.2, -0.15) is 0 Å². The van der Waals surface area contributed by atoms with Crippen LogP contribution in [-0.4, -0.2) is 18.2 Å². The van der Waals surface area contributed by atoms with E-state index in [0.29, 0.717) is 0 Å². The van der Waals surface area contributed by atoms with Gasteiger partial charge in [-0.15, -0.1) is 0 Å². The zero-order valence-electron chi connectivity index (χ0n) is 12.2. The highest BCUT2D eigenvalue weighted by atomic mass is 16.5. The SMILES string of the molecule is CC/C(=C\C(=O)OC)c1ccc(-c2ccc(O)cc2)cc1. The second kappa shape index (κ2) is 6.75. The number of hydrogen-bond donors (Lipinski definition) is 1. The van der Waals surface area contributed by atoms with E-state index in [1.807, 2.05) is 43.3 Å². The highest BCUT2D eigenvalue weighted by Gasteiger charge is 2.04. The second-order valence-electron chi connectivity index (χ2n) is 4.67. The Morgan fingerprint density at radius 1 is 1.05 bits per heavy atom. The number of carbonyl (C=O) groups is 1. The summed E-state index contributed by atoms with van der Waals surface area (Å²) in [5.41, 5.74) is 4.05. The molecule has 0 saturated heterocycles. The van der Waals surface area contributed by atoms with E-state index in [-0.39, 0.29) is 11.7 Å². The van der Waals surface area contributed by atoms with E-state index in [9.17, 15) is 9.90 Å². The fourth-order valence-electron chi connectivity index (χ4n) is 2.12. The largest absolute Gasteiger partial charge is 0.508 e. The van der Waals surface area contributed by atoms with Crippen molar-refractivity contribution >= 4 is 11.5 Å². The first-order valence-corrected chi connectivity index (χ1v) is 6.82. The van der Waals surface area contributed by atoms with Crippen molar-refractivity contribution in [2.75, 3.05) is 7.11 Å². The van der Waals surface area contributed by atoms with Crippen LogP contribution >= 0.6 is 0 Å². The van der Waals surface area contributed by atoms with Gasteiger partial charge in [-0.25, -0.2) is 4.79 Å². The molecule has 0 aliphatic heterocycles. The van der Waals surface area contributed by atoms with Crippen molar-refractivity contribution in [1.82, 2.24) is 0 Å². The molecule has 0 spiro atoms. The summed E-state index contributed by atoms with van der Waals surface area (Å²) in [6.07, 6.45) is 2.28. The molecule has 0 aromatic heterocycles. The van der Waals surface area contributed by atoms with Gasteiger partial charge in [0.2, 0.25) is 0 Å². The van der Waals surface area contributed by atoms with Crippen LogP contribution in [0.4, 0.5) is 0 Å². The van der Waals surface area contributed by atoms with Crippen molar-refractivity contribution in [3.63, 3.8) is 0 Å². The number of phenols is 1. The van der Waals surface area contributed by atoms with Crippen LogP contribution in [0.5, 0.6) is 5.75 Å². The predicted octanol–water partition coefficient (Wildman–Crippen LogP) is 4.03. The fourth-order valence-corrected chi connectivity index (χ4v) is 2.12. The standard InChI is InChI=1S/C18H18O3/c1-3-13(12-18(20)21-2)14-4-6-15(7-5-14)16-8-10-17(19)11-9-16/h4-12,19H,3H2,1-2H3/b13-12+. The predicted molar refractivity (Wildman–Crippen MR) is 83.8 cm³/mol. The molecular weight excluding hydrogens is 264 g/mol. The van der Waals surface area contributed by atoms with Gasteiger partial charge in [0.15, 0.2) is 0 Å². The van der Waals surface area contributed by atoms with E-state index in [1.54, 1.807) is 12.1 Å². The molecule has 21 heavy (non-hydrogen) atoms. The highest BCUT2D eigenvalue weighted by molar-refractivity contribution is 5.91. The summed E-state index contributed by atoms with van der Waals surface area (Å²) in [6, 6.07) is 15.0. The maximum absolute atomic E-state index is 11.4. The maximum Gasteiger partial charge on any atom is 0.330 e. The van der Waals surface area contributed by atoms with Crippen molar-refractivity contribution in [3.8, 4) is 16.9 Å². The van der Waals surface area contributed by atoms with Crippen LogP contribution in [0.3, 0.4) is 0 Å². The lowest BCUT2D eigenvalue weighted by Gasteiger charge is -2.07. The van der Waals surface area contributed by atoms with E-state index >= 15 is 0 Å². The van der Waals surface area contributed by atoms with Gasteiger partial charge < -0.3 is 9.84 Å². The topological polar surface area (TPSA) is 46.5 Å². The van der Waals surface area contributed by atoms with Gasteiger partial charge in [0.05, 0.1) is 7.11 Å². The third-order valence-corrected chi connectivity index (χ3v) is 3.33. The van der Waals surface area contributed by atoms with Gasteiger partial charge in [0.1, 0.15) is 5.75 Å². The van der Waals surface area contributed by atoms with Crippen molar-refractivity contribution in [3.05, 3.63) is 60.2 Å². The van der Waals surface area contributed by atoms with Crippen molar-refractivity contribution in [2.45, 2.75) is 13.3 Å². The van der Waals surface area contributed by atoms with E-state index in [2.05, 4.69) is 4.74 Å². The van der Waals surface area contributed by atoms with Gasteiger partial charge in [-0.05, 0) is 40.8 Å². The molecular formula is C18H18O3. The molecule has 0 aliphatic rings. The summed E-state index contributed by atoms with van der Waals surface area (Å²) in [5.74, 6) is -0.0842. The molecule has 0 atom stereocenters. The average Bonchev–Trinajstić information content (AvgIpc) is 2.53. The summed E-state index contributed by atoms with van der Waals surface area (Å²) < 4.78 is 4.67. The Labute approximate surface area is 124 Å². The zero-order chi connectivity index (χ0) is 15.2. The molecule has 3 heteroatoms. The molecule has 3 nitrogen and oxygen atoms in total. The smallest absolute Gasteiger partial charge is 0.330 e. The Morgan fingerprint density at radius 2 is 1.57 bits per heavy atom. The van der Waals surface area contributed by atoms with Gasteiger partial charge in [0, 0.05) is 6.08 Å². The molecule has 0 unspecified atom stereocenters. The zero-order valence-corrected chi connectivity index (χ0v) is 12.2. The number of carbonyl (C=O) groups excluding carboxylic acids is 1. The van der Waals surface area contributed by atoms with Gasteiger partial charge >= 0.3 is 5.97 Å². The molecule has 0 amide bonds. The number of allylic oxidation sites excluding steroid dienone is 1. The number of phenolic OH excluding ortho intramolecular Hbond substituents is 1. The molecule has 0 bridgehead atoms. The van der Waals surface area contributed by atoms with Gasteiger partial charge in [-0.1, -0.05) is 43.3 Å². The van der Waals surface area contributed by atoms with Crippen LogP contribution in [0.1, 0.15) is 18.9 Å². The van der Waals surface area contributed by atoms with Gasteiger partial charge in [-0.3, -0.25) is 0 Å². The number of rotatable bonds is 4. The molecule has 0 fully saturated rings. The van der Waals surface area contributed by atoms with E-state index in [4.69, 9.17) is 0 Å². The third-order valence-electron chi connectivity index (χ3n) is 3.33. The molecule has 2 aromatic rings. The Bertz CT molecular complexity index is 637. The van der Waals surface area contributed by atoms with Crippen LogP contribution in [0, 0.1) is 0 Å². The lowest BCUT2D eigenvalue weighted by Crippen LogP contribution is -1.96. The lowest BCUT2D eigenvalue weighted by atomic mass is 9.99. The summed E-state index contributed by atoms with van der Waals surface area (Å²) in [5, 5.41) is 9.31. The normalized spacial score (nSPS) is 11.2. The number of esters is 1. The number of ether oxygens (including phenoxy) is 1. The Kier molecular flexibility index (Phi) is 4.77. The summed E-state index contributed by atoms with van der Waals surface area (Å²) >= 11 is 0. The van der Waals surface area contributed by atoms with E-state index in [0.717, 1.165) is 28.7 Å². The summed E-state index contributed by atoms with van der Waals surface area (Å²) in [7, 11) is 1.38. The average molecular weight is 282 g/mol. The first-order valence-electron chi connectivity index (χ1n) is 6.82. The molecule has 108 valence electrons. The lowest BCUT2D eigenvalue weighted by molar-refractivity contribution is -0.134. The van der Waals surface area contributed by atoms with E-state index in [1.165, 1.54) is 13.2 Å². The first-order chi connectivity index (χ1) is 10.1. The minimum Gasteiger partial charge on any atom is -0.508 e. The summed E-state index contributed by atoms with van der Waals surface area (Å²) in [6.45, 7) is 2.00. The molecule has 1 N–H and O–H groups in total. The monoisotopic (exact) mass is 282 g/mol. The van der Waals surface area contributed by atoms with Crippen molar-refractivity contribution in [2.24, 2.45) is 0 Å². The van der Waals surface area contributed by atoms with Gasteiger partial charge in [0.25, 0.3) is 0 Å². The number of methoxy groups -OCH3 is 1. The van der Waals surface area contributed by atoms with Crippen molar-refractivity contribution < 1.29 is 14.6 Å². The quantitative estimate of drug-likeness (QED) is 0.680. The van der Waals surface area contributed by atoms with Crippen molar-refractivity contribution in [1.29, 1.82) is 0 Å². The van der Waals surface area contributed by atoms with Crippen LogP contribution in [0.25, 0.3) is 16.7 Å². The molecule has 0 heterocycles. The fraction of sp³-hybridized carbons (Fsp3) is 0.167. The minimum absolute atomic E-state index is 0.254. The Balaban J connectivity index is 2.27. The minimum atomic E-state index is -0.338. The molecule has 0 aliphatic carbocycles. The first kappa shape index (κ1) is 14.9. The molecule has 2 rings (SSSR count). The number of hydrogen-bond acceptors (Lipinski definition) is 3. The highest BCUT2D eigenvalue weighted by Crippen LogP contribution is 2.25. The Morgan fingerprint density at radius 3 is 2.05 bits per heavy atom. The number of benzene rings is 2. The van der Waals surface area contributed by atoms with Crippen LogP contribution in [-0.2, 0) is 9.53 Å². The Hall–Kier alpha value is -2.55. The van der Waals surface area contributed by atoms with Crippen LogP contribution < -0.4 is 0 Å².